The first kappa shape index (κ1) is 13.1. The summed E-state index contributed by atoms with van der Waals surface area (Å²) in [5.41, 5.74) is 0.132. The Morgan fingerprint density at radius 1 is 1.47 bits per heavy atom. The molecule has 1 heterocycles. The van der Waals surface area contributed by atoms with Crippen LogP contribution < -0.4 is 10.3 Å². The van der Waals surface area contributed by atoms with Crippen LogP contribution in [-0.4, -0.2) is 22.2 Å². The number of H-pyrrole nitrogens is 1. The normalized spacial score (nSPS) is 10.5. The van der Waals surface area contributed by atoms with E-state index < -0.39 is 11.4 Å². The summed E-state index contributed by atoms with van der Waals surface area (Å²) in [4.78, 5) is 18.1. The molecule has 0 aliphatic carbocycles. The van der Waals surface area contributed by atoms with Crippen LogP contribution in [0.25, 0.3) is 11.4 Å². The summed E-state index contributed by atoms with van der Waals surface area (Å²) in [6.45, 7) is 1.73. The SMILES string of the molecule is CCc1c(O)nc(-c2ccc(OC)c(F)c2)[nH]c1=O. The molecule has 0 atom stereocenters. The number of nitrogens with one attached hydrogen (secondary N) is 1. The Morgan fingerprint density at radius 2 is 2.21 bits per heavy atom. The first-order chi connectivity index (χ1) is 9.06. The molecule has 0 saturated heterocycles. The highest BCUT2D eigenvalue weighted by Crippen LogP contribution is 2.24. The molecule has 5 nitrogen and oxygen atoms in total. The van der Waals surface area contributed by atoms with Crippen molar-refractivity contribution < 1.29 is 14.2 Å². The van der Waals surface area contributed by atoms with Crippen molar-refractivity contribution in [2.24, 2.45) is 0 Å². The summed E-state index contributed by atoms with van der Waals surface area (Å²) >= 11 is 0. The average molecular weight is 264 g/mol. The summed E-state index contributed by atoms with van der Waals surface area (Å²) in [5, 5.41) is 9.65. The van der Waals surface area contributed by atoms with Crippen molar-refractivity contribution in [1.82, 2.24) is 9.97 Å². The number of benzene rings is 1. The lowest BCUT2D eigenvalue weighted by Gasteiger charge is -2.06. The molecule has 0 aliphatic rings. The van der Waals surface area contributed by atoms with E-state index in [4.69, 9.17) is 4.74 Å². The van der Waals surface area contributed by atoms with Crippen molar-refractivity contribution in [3.63, 3.8) is 0 Å². The highest BCUT2D eigenvalue weighted by Gasteiger charge is 2.12. The van der Waals surface area contributed by atoms with Crippen molar-refractivity contribution in [3.8, 4) is 23.0 Å². The smallest absolute Gasteiger partial charge is 0.258 e. The van der Waals surface area contributed by atoms with E-state index in [1.54, 1.807) is 13.0 Å². The fourth-order valence-corrected chi connectivity index (χ4v) is 1.75. The number of methoxy groups -OCH3 is 1. The van der Waals surface area contributed by atoms with Crippen LogP contribution in [0, 0.1) is 5.82 Å². The summed E-state index contributed by atoms with van der Waals surface area (Å²) in [6, 6.07) is 4.16. The monoisotopic (exact) mass is 264 g/mol. The number of aromatic hydroxyl groups is 1. The molecule has 19 heavy (non-hydrogen) atoms. The van der Waals surface area contributed by atoms with Gasteiger partial charge in [-0.2, -0.15) is 4.98 Å². The molecule has 0 fully saturated rings. The van der Waals surface area contributed by atoms with Crippen LogP contribution in [-0.2, 0) is 6.42 Å². The van der Waals surface area contributed by atoms with Crippen molar-refractivity contribution in [3.05, 3.63) is 39.9 Å². The Morgan fingerprint density at radius 3 is 2.74 bits per heavy atom. The van der Waals surface area contributed by atoms with Crippen molar-refractivity contribution >= 4 is 0 Å². The lowest BCUT2D eigenvalue weighted by atomic mass is 10.2. The van der Waals surface area contributed by atoms with E-state index in [0.717, 1.165) is 0 Å². The van der Waals surface area contributed by atoms with Crippen LogP contribution in [0.15, 0.2) is 23.0 Å². The minimum atomic E-state index is -0.568. The van der Waals surface area contributed by atoms with Crippen LogP contribution in [0.1, 0.15) is 12.5 Å². The maximum atomic E-state index is 13.6. The Labute approximate surface area is 108 Å². The highest BCUT2D eigenvalue weighted by atomic mass is 19.1. The van der Waals surface area contributed by atoms with Gasteiger partial charge < -0.3 is 14.8 Å². The topological polar surface area (TPSA) is 75.2 Å². The van der Waals surface area contributed by atoms with Gasteiger partial charge in [0.15, 0.2) is 11.6 Å². The Kier molecular flexibility index (Phi) is 3.50. The molecule has 6 heteroatoms. The van der Waals surface area contributed by atoms with Crippen LogP contribution in [0.3, 0.4) is 0 Å². The van der Waals surface area contributed by atoms with Crippen LogP contribution in [0.5, 0.6) is 11.6 Å². The van der Waals surface area contributed by atoms with Crippen LogP contribution >= 0.6 is 0 Å². The molecule has 2 N–H and O–H groups in total. The zero-order chi connectivity index (χ0) is 14.0. The molecule has 1 aromatic carbocycles. The molecule has 2 rings (SSSR count). The maximum Gasteiger partial charge on any atom is 0.258 e. The summed E-state index contributed by atoms with van der Waals surface area (Å²) < 4.78 is 18.4. The predicted octanol–water partition coefficient (Wildman–Crippen LogP) is 1.85. The van der Waals surface area contributed by atoms with Gasteiger partial charge in [-0.25, -0.2) is 4.39 Å². The first-order valence-corrected chi connectivity index (χ1v) is 5.72. The van der Waals surface area contributed by atoms with E-state index in [1.165, 1.54) is 19.2 Å². The number of ether oxygens (including phenoxy) is 1. The molecule has 0 spiro atoms. The molecule has 0 radical (unpaired) electrons. The van der Waals surface area contributed by atoms with Crippen LogP contribution in [0.4, 0.5) is 4.39 Å². The number of rotatable bonds is 3. The highest BCUT2D eigenvalue weighted by molar-refractivity contribution is 5.57. The van der Waals surface area contributed by atoms with E-state index >= 15 is 0 Å². The van der Waals surface area contributed by atoms with Crippen LogP contribution in [0.2, 0.25) is 0 Å². The van der Waals surface area contributed by atoms with Gasteiger partial charge in [-0.15, -0.1) is 0 Å². The van der Waals surface area contributed by atoms with Gasteiger partial charge in [0.05, 0.1) is 12.7 Å². The predicted molar refractivity (Wildman–Crippen MR) is 67.8 cm³/mol. The third-order valence-corrected chi connectivity index (χ3v) is 2.77. The Bertz CT molecular complexity index is 667. The van der Waals surface area contributed by atoms with Gasteiger partial charge in [-0.1, -0.05) is 6.92 Å². The summed E-state index contributed by atoms with van der Waals surface area (Å²) in [7, 11) is 1.36. The minimum Gasteiger partial charge on any atom is -0.494 e. The second-order valence-electron chi connectivity index (χ2n) is 3.92. The summed E-state index contributed by atoms with van der Waals surface area (Å²) in [6.07, 6.45) is 0.366. The molecule has 0 bridgehead atoms. The molecule has 1 aromatic heterocycles. The number of hydrogen-bond acceptors (Lipinski definition) is 4. The molecule has 100 valence electrons. The Hall–Kier alpha value is -2.37. The maximum absolute atomic E-state index is 13.6. The molecule has 0 saturated carbocycles. The van der Waals surface area contributed by atoms with Crippen molar-refractivity contribution in [1.29, 1.82) is 0 Å². The minimum absolute atomic E-state index is 0.0977. The zero-order valence-electron chi connectivity index (χ0n) is 10.5. The standard InChI is InChI=1S/C13H13FN2O3/c1-3-8-12(17)15-11(16-13(8)18)7-4-5-10(19-2)9(14)6-7/h4-6H,3H2,1-2H3,(H2,15,16,17,18). The molecule has 0 amide bonds. The largest absolute Gasteiger partial charge is 0.494 e. The van der Waals surface area contributed by atoms with Gasteiger partial charge in [0, 0.05) is 5.56 Å². The van der Waals surface area contributed by atoms with E-state index in [-0.39, 0.29) is 23.0 Å². The number of aromatic amines is 1. The molecular formula is C13H13FN2O3. The van der Waals surface area contributed by atoms with Gasteiger partial charge in [-0.05, 0) is 24.6 Å². The first-order valence-electron chi connectivity index (χ1n) is 5.72. The lowest BCUT2D eigenvalue weighted by Crippen LogP contribution is -2.14. The number of aromatic nitrogens is 2. The number of nitrogens with zero attached hydrogens (tertiary/aromatic N) is 1. The summed E-state index contributed by atoms with van der Waals surface area (Å²) in [5.74, 6) is -0.694. The second kappa shape index (κ2) is 5.09. The fraction of sp³-hybridized carbons (Fsp3) is 0.231. The van der Waals surface area contributed by atoms with E-state index in [2.05, 4.69) is 9.97 Å². The number of hydrogen-bond donors (Lipinski definition) is 2. The van der Waals surface area contributed by atoms with Crippen molar-refractivity contribution in [2.45, 2.75) is 13.3 Å². The van der Waals surface area contributed by atoms with Gasteiger partial charge >= 0.3 is 0 Å². The van der Waals surface area contributed by atoms with E-state index in [1.807, 2.05) is 0 Å². The molecular weight excluding hydrogens is 251 g/mol. The van der Waals surface area contributed by atoms with Gasteiger partial charge in [0.1, 0.15) is 5.82 Å². The zero-order valence-corrected chi connectivity index (χ0v) is 10.5. The van der Waals surface area contributed by atoms with Gasteiger partial charge in [0.2, 0.25) is 5.88 Å². The molecule has 0 unspecified atom stereocenters. The Balaban J connectivity index is 2.54. The second-order valence-corrected chi connectivity index (χ2v) is 3.92. The third-order valence-electron chi connectivity index (χ3n) is 2.77. The molecule has 0 aliphatic heterocycles. The number of halogens is 1. The van der Waals surface area contributed by atoms with Crippen molar-refractivity contribution in [2.75, 3.05) is 7.11 Å². The fourth-order valence-electron chi connectivity index (χ4n) is 1.75. The van der Waals surface area contributed by atoms with E-state index in [9.17, 15) is 14.3 Å². The lowest BCUT2D eigenvalue weighted by molar-refractivity contribution is 0.386. The molecule has 2 aromatic rings. The van der Waals surface area contributed by atoms with Gasteiger partial charge in [-0.3, -0.25) is 4.79 Å². The average Bonchev–Trinajstić information content (AvgIpc) is 2.38. The van der Waals surface area contributed by atoms with E-state index in [0.29, 0.717) is 12.0 Å². The quantitative estimate of drug-likeness (QED) is 0.887. The van der Waals surface area contributed by atoms with Gasteiger partial charge in [0.25, 0.3) is 5.56 Å². The third kappa shape index (κ3) is 2.42.